The summed E-state index contributed by atoms with van der Waals surface area (Å²) < 4.78 is 33.6. The third-order valence-electron chi connectivity index (χ3n) is 6.00. The number of rotatable bonds is 4. The van der Waals surface area contributed by atoms with Gasteiger partial charge in [-0.1, -0.05) is 23.7 Å². The molecule has 34 heavy (non-hydrogen) atoms. The van der Waals surface area contributed by atoms with Gasteiger partial charge in [0.25, 0.3) is 5.91 Å². The number of fused-ring (bicyclic) bond motifs is 1. The SMILES string of the molecule is O=C(c1ccc(-c2cc3c(nn2)NCCN3Cc2c(F)ccc(F)c2Cl)cc1)N1CCOCC1. The molecule has 2 aliphatic rings. The van der Waals surface area contributed by atoms with E-state index in [1.807, 2.05) is 23.1 Å². The van der Waals surface area contributed by atoms with Crippen molar-refractivity contribution in [3.63, 3.8) is 0 Å². The number of carbonyl (C=O) groups excluding carboxylic acids is 1. The smallest absolute Gasteiger partial charge is 0.254 e. The number of hydrogen-bond donors (Lipinski definition) is 1. The van der Waals surface area contributed by atoms with Crippen LogP contribution in [0, 0.1) is 11.6 Å². The first-order chi connectivity index (χ1) is 16.5. The summed E-state index contributed by atoms with van der Waals surface area (Å²) in [7, 11) is 0. The summed E-state index contributed by atoms with van der Waals surface area (Å²) in [6, 6.07) is 11.1. The lowest BCUT2D eigenvalue weighted by atomic mass is 10.1. The second kappa shape index (κ2) is 9.52. The van der Waals surface area contributed by atoms with E-state index in [4.69, 9.17) is 16.3 Å². The molecule has 3 heterocycles. The van der Waals surface area contributed by atoms with E-state index in [9.17, 15) is 13.6 Å². The van der Waals surface area contributed by atoms with Crippen LogP contribution in [-0.4, -0.2) is 60.4 Å². The first-order valence-electron chi connectivity index (χ1n) is 11.0. The number of ether oxygens (including phenoxy) is 1. The van der Waals surface area contributed by atoms with Crippen LogP contribution in [0.15, 0.2) is 42.5 Å². The van der Waals surface area contributed by atoms with Crippen molar-refractivity contribution < 1.29 is 18.3 Å². The van der Waals surface area contributed by atoms with Crippen molar-refractivity contribution >= 4 is 29.0 Å². The van der Waals surface area contributed by atoms with Crippen LogP contribution in [0.4, 0.5) is 20.3 Å². The molecule has 0 bridgehead atoms. The Hall–Kier alpha value is -3.30. The standard InChI is InChI=1S/C24H22ClF2N5O2/c25-22-17(18(26)5-6-19(22)27)14-32-8-7-28-23-21(32)13-20(29-30-23)15-1-3-16(4-2-15)24(33)31-9-11-34-12-10-31/h1-6,13H,7-12,14H2,(H,28,30). The Labute approximate surface area is 200 Å². The second-order valence-corrected chi connectivity index (χ2v) is 8.49. The fraction of sp³-hybridized carbons (Fsp3) is 0.292. The van der Waals surface area contributed by atoms with Crippen LogP contribution in [0.5, 0.6) is 0 Å². The van der Waals surface area contributed by atoms with E-state index in [1.165, 1.54) is 0 Å². The van der Waals surface area contributed by atoms with Gasteiger partial charge in [0.2, 0.25) is 0 Å². The van der Waals surface area contributed by atoms with E-state index >= 15 is 0 Å². The van der Waals surface area contributed by atoms with Crippen LogP contribution < -0.4 is 10.2 Å². The number of halogens is 3. The Morgan fingerprint density at radius 2 is 1.76 bits per heavy atom. The van der Waals surface area contributed by atoms with Crippen LogP contribution in [0.2, 0.25) is 5.02 Å². The summed E-state index contributed by atoms with van der Waals surface area (Å²) in [5.74, 6) is -0.694. The first-order valence-corrected chi connectivity index (χ1v) is 11.4. The average Bonchev–Trinajstić information content (AvgIpc) is 2.89. The summed E-state index contributed by atoms with van der Waals surface area (Å²) in [6.45, 7) is 3.47. The summed E-state index contributed by atoms with van der Waals surface area (Å²) in [4.78, 5) is 16.4. The maximum Gasteiger partial charge on any atom is 0.254 e. The molecule has 0 unspecified atom stereocenters. The van der Waals surface area contributed by atoms with Crippen molar-refractivity contribution in [2.75, 3.05) is 49.6 Å². The first kappa shape index (κ1) is 22.5. The predicted molar refractivity (Wildman–Crippen MR) is 125 cm³/mol. The minimum atomic E-state index is -0.659. The highest BCUT2D eigenvalue weighted by Crippen LogP contribution is 2.33. The van der Waals surface area contributed by atoms with E-state index in [1.54, 1.807) is 17.0 Å². The maximum atomic E-state index is 14.4. The van der Waals surface area contributed by atoms with Gasteiger partial charge in [-0.2, -0.15) is 0 Å². The molecule has 1 aromatic heterocycles. The van der Waals surface area contributed by atoms with Gasteiger partial charge in [-0.25, -0.2) is 8.78 Å². The Morgan fingerprint density at radius 1 is 1.03 bits per heavy atom. The molecular formula is C24H22ClF2N5O2. The molecule has 2 aromatic carbocycles. The van der Waals surface area contributed by atoms with Gasteiger partial charge in [0.15, 0.2) is 5.82 Å². The number of morpholine rings is 1. The van der Waals surface area contributed by atoms with Gasteiger partial charge in [0.1, 0.15) is 11.6 Å². The number of amides is 1. The van der Waals surface area contributed by atoms with Gasteiger partial charge in [-0.15, -0.1) is 10.2 Å². The third-order valence-corrected chi connectivity index (χ3v) is 6.41. The van der Waals surface area contributed by atoms with Gasteiger partial charge < -0.3 is 19.9 Å². The van der Waals surface area contributed by atoms with Crippen molar-refractivity contribution in [3.05, 3.63) is 70.2 Å². The minimum absolute atomic E-state index is 0.0317. The molecule has 176 valence electrons. The molecule has 5 rings (SSSR count). The molecule has 0 radical (unpaired) electrons. The highest BCUT2D eigenvalue weighted by molar-refractivity contribution is 6.31. The van der Waals surface area contributed by atoms with Crippen LogP contribution in [0.25, 0.3) is 11.3 Å². The Balaban J connectivity index is 1.40. The van der Waals surface area contributed by atoms with Gasteiger partial charge in [0, 0.05) is 49.4 Å². The zero-order valence-electron chi connectivity index (χ0n) is 18.2. The van der Waals surface area contributed by atoms with Gasteiger partial charge in [-0.05, 0) is 30.3 Å². The molecular weight excluding hydrogens is 464 g/mol. The maximum absolute atomic E-state index is 14.4. The van der Waals surface area contributed by atoms with Crippen molar-refractivity contribution in [3.8, 4) is 11.3 Å². The molecule has 10 heteroatoms. The zero-order chi connectivity index (χ0) is 23.7. The number of benzene rings is 2. The summed E-state index contributed by atoms with van der Waals surface area (Å²) in [6.07, 6.45) is 0. The molecule has 0 saturated carbocycles. The lowest BCUT2D eigenvalue weighted by Gasteiger charge is -2.31. The monoisotopic (exact) mass is 485 g/mol. The number of aromatic nitrogens is 2. The molecule has 0 aliphatic carbocycles. The Morgan fingerprint density at radius 3 is 2.53 bits per heavy atom. The van der Waals surface area contributed by atoms with Crippen molar-refractivity contribution in [1.82, 2.24) is 15.1 Å². The van der Waals surface area contributed by atoms with E-state index in [-0.39, 0.29) is 23.0 Å². The normalized spacial score (nSPS) is 15.6. The fourth-order valence-electron chi connectivity index (χ4n) is 4.12. The van der Waals surface area contributed by atoms with Gasteiger partial charge in [-0.3, -0.25) is 4.79 Å². The summed E-state index contributed by atoms with van der Waals surface area (Å²) in [5.41, 5.74) is 2.79. The van der Waals surface area contributed by atoms with E-state index in [0.29, 0.717) is 62.2 Å². The number of carbonyl (C=O) groups is 1. The molecule has 7 nitrogen and oxygen atoms in total. The summed E-state index contributed by atoms with van der Waals surface area (Å²) >= 11 is 6.05. The number of hydrogen-bond acceptors (Lipinski definition) is 6. The Kier molecular flexibility index (Phi) is 6.30. The van der Waals surface area contributed by atoms with Gasteiger partial charge in [0.05, 0.1) is 29.6 Å². The zero-order valence-corrected chi connectivity index (χ0v) is 19.0. The van der Waals surface area contributed by atoms with Crippen LogP contribution >= 0.6 is 11.6 Å². The molecule has 1 N–H and O–H groups in total. The van der Waals surface area contributed by atoms with Crippen molar-refractivity contribution in [2.24, 2.45) is 0 Å². The average molecular weight is 486 g/mol. The predicted octanol–water partition coefficient (Wildman–Crippen LogP) is 3.98. The molecule has 3 aromatic rings. The number of nitrogens with one attached hydrogen (secondary N) is 1. The van der Waals surface area contributed by atoms with E-state index in [0.717, 1.165) is 17.7 Å². The van der Waals surface area contributed by atoms with Crippen molar-refractivity contribution in [1.29, 1.82) is 0 Å². The molecule has 1 fully saturated rings. The van der Waals surface area contributed by atoms with E-state index < -0.39 is 11.6 Å². The largest absolute Gasteiger partial charge is 0.378 e. The Bertz CT molecular complexity index is 1220. The molecule has 0 spiro atoms. The van der Waals surface area contributed by atoms with Crippen LogP contribution in [0.3, 0.4) is 0 Å². The van der Waals surface area contributed by atoms with Crippen LogP contribution in [0.1, 0.15) is 15.9 Å². The third kappa shape index (κ3) is 4.41. The van der Waals surface area contributed by atoms with Crippen molar-refractivity contribution in [2.45, 2.75) is 6.54 Å². The second-order valence-electron chi connectivity index (χ2n) is 8.12. The quantitative estimate of drug-likeness (QED) is 0.564. The highest BCUT2D eigenvalue weighted by Gasteiger charge is 2.23. The number of anilines is 2. The minimum Gasteiger partial charge on any atom is -0.378 e. The topological polar surface area (TPSA) is 70.6 Å². The number of nitrogens with zero attached hydrogens (tertiary/aromatic N) is 4. The molecule has 1 amide bonds. The molecule has 2 aliphatic heterocycles. The molecule has 1 saturated heterocycles. The van der Waals surface area contributed by atoms with Gasteiger partial charge >= 0.3 is 0 Å². The molecule has 0 atom stereocenters. The lowest BCUT2D eigenvalue weighted by Crippen LogP contribution is -2.40. The van der Waals surface area contributed by atoms with E-state index in [2.05, 4.69) is 15.5 Å². The van der Waals surface area contributed by atoms with Crippen LogP contribution in [-0.2, 0) is 11.3 Å². The summed E-state index contributed by atoms with van der Waals surface area (Å²) in [5, 5.41) is 11.6. The lowest BCUT2D eigenvalue weighted by molar-refractivity contribution is 0.0303. The highest BCUT2D eigenvalue weighted by atomic mass is 35.5. The fourth-order valence-corrected chi connectivity index (χ4v) is 4.33.